The highest BCUT2D eigenvalue weighted by molar-refractivity contribution is 9.11. The number of hydrogen-bond donors (Lipinski definition) is 1. The summed E-state index contributed by atoms with van der Waals surface area (Å²) in [6, 6.07) is 8.63. The van der Waals surface area contributed by atoms with E-state index in [9.17, 15) is 0 Å². The van der Waals surface area contributed by atoms with Crippen molar-refractivity contribution in [2.75, 3.05) is 5.32 Å². The van der Waals surface area contributed by atoms with Gasteiger partial charge >= 0.3 is 0 Å². The summed E-state index contributed by atoms with van der Waals surface area (Å²) in [5.74, 6) is 0. The maximum atomic E-state index is 4.34. The third kappa shape index (κ3) is 2.83. The Morgan fingerprint density at radius 2 is 2.00 bits per heavy atom. The van der Waals surface area contributed by atoms with Crippen LogP contribution in [0.3, 0.4) is 0 Å². The number of halogens is 1. The summed E-state index contributed by atoms with van der Waals surface area (Å²) in [6.45, 7) is 4.20. The molecule has 1 aromatic heterocycles. The fraction of sp³-hybridized carbons (Fsp3) is 0.250. The average molecular weight is 297 g/mol. The van der Waals surface area contributed by atoms with E-state index in [4.69, 9.17) is 0 Å². The molecule has 1 N–H and O–H groups in total. The molecule has 0 bridgehead atoms. The lowest BCUT2D eigenvalue weighted by molar-refractivity contribution is 0.869. The van der Waals surface area contributed by atoms with Crippen LogP contribution in [0.5, 0.6) is 0 Å². The second-order valence-electron chi connectivity index (χ2n) is 3.73. The number of aromatic nitrogens is 1. The highest BCUT2D eigenvalue weighted by Crippen LogP contribution is 2.26. The molecule has 4 heteroatoms. The second kappa shape index (κ2) is 4.97. The predicted octanol–water partition coefficient (Wildman–Crippen LogP) is 4.39. The molecule has 0 aliphatic heterocycles. The molecule has 1 heterocycles. The lowest BCUT2D eigenvalue weighted by Crippen LogP contribution is -2.05. The van der Waals surface area contributed by atoms with Crippen molar-refractivity contribution in [2.24, 2.45) is 0 Å². The van der Waals surface area contributed by atoms with Crippen molar-refractivity contribution in [3.63, 3.8) is 0 Å². The van der Waals surface area contributed by atoms with E-state index in [2.05, 4.69) is 64.3 Å². The molecule has 0 saturated carbocycles. The molecule has 0 fully saturated rings. The molecular formula is C12H13BrN2S. The second-order valence-corrected chi connectivity index (χ2v) is 6.18. The Hall–Kier alpha value is -0.870. The number of nitrogens with zero attached hydrogens (tertiary/aromatic N) is 1. The van der Waals surface area contributed by atoms with Crippen molar-refractivity contribution < 1.29 is 0 Å². The van der Waals surface area contributed by atoms with E-state index in [-0.39, 0.29) is 6.04 Å². The molecule has 0 amide bonds. The number of aryl methyl sites for hydroxylation is 1. The number of nitrogens with one attached hydrogen (secondary N) is 1. The van der Waals surface area contributed by atoms with Gasteiger partial charge in [-0.3, -0.25) is 0 Å². The first kappa shape index (κ1) is 11.6. The molecule has 0 aliphatic carbocycles. The van der Waals surface area contributed by atoms with Crippen LogP contribution < -0.4 is 5.32 Å². The summed E-state index contributed by atoms with van der Waals surface area (Å²) in [4.78, 5) is 4.34. The maximum Gasteiger partial charge on any atom is 0.116 e. The Balaban J connectivity index is 2.07. The monoisotopic (exact) mass is 296 g/mol. The Labute approximate surface area is 108 Å². The van der Waals surface area contributed by atoms with Crippen molar-refractivity contribution in [3.8, 4) is 0 Å². The topological polar surface area (TPSA) is 24.9 Å². The summed E-state index contributed by atoms with van der Waals surface area (Å²) in [5, 5.41) is 4.52. The van der Waals surface area contributed by atoms with Crippen LogP contribution in [0, 0.1) is 6.92 Å². The van der Waals surface area contributed by atoms with Gasteiger partial charge in [0.25, 0.3) is 0 Å². The van der Waals surface area contributed by atoms with Gasteiger partial charge in [0.15, 0.2) is 0 Å². The smallest absolute Gasteiger partial charge is 0.116 e. The fourth-order valence-electron chi connectivity index (χ4n) is 1.43. The summed E-state index contributed by atoms with van der Waals surface area (Å²) in [7, 11) is 0. The van der Waals surface area contributed by atoms with E-state index in [0.717, 1.165) is 14.5 Å². The first-order valence-corrected chi connectivity index (χ1v) is 6.70. The van der Waals surface area contributed by atoms with E-state index in [1.165, 1.54) is 5.56 Å². The highest BCUT2D eigenvalue weighted by atomic mass is 79.9. The van der Waals surface area contributed by atoms with Crippen molar-refractivity contribution in [1.29, 1.82) is 0 Å². The normalized spacial score (nSPS) is 12.4. The van der Waals surface area contributed by atoms with Crippen molar-refractivity contribution in [2.45, 2.75) is 19.9 Å². The number of thiazole rings is 1. The zero-order valence-corrected chi connectivity index (χ0v) is 11.6. The minimum absolute atomic E-state index is 0.235. The molecule has 2 rings (SSSR count). The standard InChI is InChI=1S/C12H13BrN2S/c1-8-3-5-10(6-4-8)15-9(2)12-14-7-11(13)16-12/h3-7,9,15H,1-2H3. The molecule has 1 unspecified atom stereocenters. The van der Waals surface area contributed by atoms with Gasteiger partial charge in [-0.05, 0) is 41.9 Å². The lowest BCUT2D eigenvalue weighted by Gasteiger charge is -2.12. The van der Waals surface area contributed by atoms with Gasteiger partial charge in [-0.1, -0.05) is 17.7 Å². The van der Waals surface area contributed by atoms with Crippen LogP contribution in [0.2, 0.25) is 0 Å². The summed E-state index contributed by atoms with van der Waals surface area (Å²) in [6.07, 6.45) is 1.84. The van der Waals surface area contributed by atoms with Crippen LogP contribution in [0.1, 0.15) is 23.5 Å². The molecule has 0 aliphatic rings. The zero-order valence-electron chi connectivity index (χ0n) is 9.20. The van der Waals surface area contributed by atoms with E-state index < -0.39 is 0 Å². The van der Waals surface area contributed by atoms with Crippen LogP contribution in [0.15, 0.2) is 34.2 Å². The SMILES string of the molecule is Cc1ccc(NC(C)c2ncc(Br)s2)cc1. The van der Waals surface area contributed by atoms with Crippen LogP contribution in [-0.4, -0.2) is 4.98 Å². The zero-order chi connectivity index (χ0) is 11.5. The van der Waals surface area contributed by atoms with Crippen LogP contribution in [-0.2, 0) is 0 Å². The minimum atomic E-state index is 0.235. The molecule has 1 aromatic carbocycles. The van der Waals surface area contributed by atoms with Gasteiger partial charge in [0.2, 0.25) is 0 Å². The van der Waals surface area contributed by atoms with Gasteiger partial charge in [0.1, 0.15) is 5.01 Å². The van der Waals surface area contributed by atoms with E-state index in [1.54, 1.807) is 11.3 Å². The molecule has 84 valence electrons. The molecule has 0 radical (unpaired) electrons. The van der Waals surface area contributed by atoms with Gasteiger partial charge in [0, 0.05) is 5.69 Å². The van der Waals surface area contributed by atoms with E-state index in [0.29, 0.717) is 0 Å². The Bertz CT molecular complexity index is 464. The summed E-state index contributed by atoms with van der Waals surface area (Å²) >= 11 is 5.08. The first-order valence-electron chi connectivity index (χ1n) is 5.09. The molecule has 2 nitrogen and oxygen atoms in total. The molecule has 1 atom stereocenters. The molecular weight excluding hydrogens is 284 g/mol. The Morgan fingerprint density at radius 3 is 2.56 bits per heavy atom. The average Bonchev–Trinajstić information content (AvgIpc) is 2.68. The Morgan fingerprint density at radius 1 is 1.31 bits per heavy atom. The third-order valence-corrected chi connectivity index (χ3v) is 3.96. The molecule has 0 saturated heterocycles. The van der Waals surface area contributed by atoms with E-state index in [1.807, 2.05) is 6.20 Å². The van der Waals surface area contributed by atoms with Crippen molar-refractivity contribution in [3.05, 3.63) is 44.8 Å². The fourth-order valence-corrected chi connectivity index (χ4v) is 2.67. The Kier molecular flexibility index (Phi) is 3.61. The summed E-state index contributed by atoms with van der Waals surface area (Å²) in [5.41, 5.74) is 2.40. The predicted molar refractivity (Wildman–Crippen MR) is 73.0 cm³/mol. The van der Waals surface area contributed by atoms with E-state index >= 15 is 0 Å². The van der Waals surface area contributed by atoms with Gasteiger partial charge in [-0.15, -0.1) is 11.3 Å². The number of hydrogen-bond acceptors (Lipinski definition) is 3. The van der Waals surface area contributed by atoms with Crippen LogP contribution in [0.4, 0.5) is 5.69 Å². The lowest BCUT2D eigenvalue weighted by atomic mass is 10.2. The summed E-state index contributed by atoms with van der Waals surface area (Å²) < 4.78 is 1.07. The van der Waals surface area contributed by atoms with Crippen LogP contribution in [0.25, 0.3) is 0 Å². The van der Waals surface area contributed by atoms with Crippen molar-refractivity contribution in [1.82, 2.24) is 4.98 Å². The number of anilines is 1. The maximum absolute atomic E-state index is 4.34. The third-order valence-electron chi connectivity index (χ3n) is 2.30. The highest BCUT2D eigenvalue weighted by Gasteiger charge is 2.09. The minimum Gasteiger partial charge on any atom is -0.376 e. The number of benzene rings is 1. The molecule has 16 heavy (non-hydrogen) atoms. The molecule has 0 spiro atoms. The van der Waals surface area contributed by atoms with Gasteiger partial charge < -0.3 is 5.32 Å². The van der Waals surface area contributed by atoms with Crippen molar-refractivity contribution >= 4 is 33.0 Å². The number of rotatable bonds is 3. The largest absolute Gasteiger partial charge is 0.376 e. The quantitative estimate of drug-likeness (QED) is 0.909. The van der Waals surface area contributed by atoms with Crippen LogP contribution >= 0.6 is 27.3 Å². The first-order chi connectivity index (χ1) is 7.65. The molecule has 2 aromatic rings. The van der Waals surface area contributed by atoms with Gasteiger partial charge in [-0.2, -0.15) is 0 Å². The van der Waals surface area contributed by atoms with Gasteiger partial charge in [0.05, 0.1) is 16.0 Å². The van der Waals surface area contributed by atoms with Gasteiger partial charge in [-0.25, -0.2) is 4.98 Å².